The molecule has 0 aromatic heterocycles. The lowest BCUT2D eigenvalue weighted by molar-refractivity contribution is -0.126. The predicted molar refractivity (Wildman–Crippen MR) is 119 cm³/mol. The van der Waals surface area contributed by atoms with Crippen LogP contribution in [0.2, 0.25) is 0 Å². The fourth-order valence-electron chi connectivity index (χ4n) is 4.40. The van der Waals surface area contributed by atoms with Gasteiger partial charge in [0.1, 0.15) is 18.2 Å². The SMILES string of the molecule is O=C(NCCOc1ccc(F)cc1)C1CCN(S(=O)(=O)c2ccc3c(c2)CCCC3)CC1. The summed E-state index contributed by atoms with van der Waals surface area (Å²) in [5.74, 6) is -0.0821. The third-order valence-corrected chi connectivity index (χ3v) is 8.16. The van der Waals surface area contributed by atoms with Crippen LogP contribution in [0.4, 0.5) is 4.39 Å². The van der Waals surface area contributed by atoms with E-state index in [4.69, 9.17) is 4.74 Å². The number of nitrogens with one attached hydrogen (secondary N) is 1. The van der Waals surface area contributed by atoms with Gasteiger partial charge in [-0.1, -0.05) is 6.07 Å². The molecule has 2 aromatic rings. The lowest BCUT2D eigenvalue weighted by Gasteiger charge is -2.31. The van der Waals surface area contributed by atoms with E-state index in [-0.39, 0.29) is 24.2 Å². The van der Waals surface area contributed by atoms with Gasteiger partial charge in [0, 0.05) is 19.0 Å². The number of aryl methyl sites for hydroxylation is 2. The molecule has 0 bridgehead atoms. The number of halogens is 1. The average molecular weight is 461 g/mol. The minimum atomic E-state index is -3.54. The van der Waals surface area contributed by atoms with Crippen molar-refractivity contribution in [2.45, 2.75) is 43.4 Å². The molecule has 1 saturated heterocycles. The number of ether oxygens (including phenoxy) is 1. The van der Waals surface area contributed by atoms with E-state index < -0.39 is 10.0 Å². The lowest BCUT2D eigenvalue weighted by Crippen LogP contribution is -2.43. The Labute approximate surface area is 188 Å². The zero-order valence-electron chi connectivity index (χ0n) is 18.1. The summed E-state index contributed by atoms with van der Waals surface area (Å²) in [5.41, 5.74) is 2.41. The number of rotatable bonds is 7. The van der Waals surface area contributed by atoms with Gasteiger partial charge in [0.15, 0.2) is 0 Å². The number of carbonyl (C=O) groups is 1. The molecule has 1 N–H and O–H groups in total. The molecule has 2 aliphatic rings. The van der Waals surface area contributed by atoms with E-state index in [9.17, 15) is 17.6 Å². The summed E-state index contributed by atoms with van der Waals surface area (Å²) in [6.45, 7) is 1.29. The van der Waals surface area contributed by atoms with Gasteiger partial charge in [0.25, 0.3) is 0 Å². The molecule has 0 unspecified atom stereocenters. The van der Waals surface area contributed by atoms with Crippen LogP contribution in [0.25, 0.3) is 0 Å². The second kappa shape index (κ2) is 10.0. The van der Waals surface area contributed by atoms with Gasteiger partial charge in [-0.2, -0.15) is 4.31 Å². The molecule has 1 amide bonds. The van der Waals surface area contributed by atoms with Gasteiger partial charge in [-0.3, -0.25) is 4.79 Å². The fraction of sp³-hybridized carbons (Fsp3) is 0.458. The number of benzene rings is 2. The highest BCUT2D eigenvalue weighted by Crippen LogP contribution is 2.28. The van der Waals surface area contributed by atoms with Crippen LogP contribution < -0.4 is 10.1 Å². The Morgan fingerprint density at radius 1 is 1.03 bits per heavy atom. The molecular formula is C24H29FN2O4S. The van der Waals surface area contributed by atoms with E-state index in [1.807, 2.05) is 12.1 Å². The van der Waals surface area contributed by atoms with Crippen molar-refractivity contribution in [3.63, 3.8) is 0 Å². The van der Waals surface area contributed by atoms with Gasteiger partial charge in [0.05, 0.1) is 11.4 Å². The summed E-state index contributed by atoms with van der Waals surface area (Å²) >= 11 is 0. The summed E-state index contributed by atoms with van der Waals surface area (Å²) in [6.07, 6.45) is 5.21. The summed E-state index contributed by atoms with van der Waals surface area (Å²) in [4.78, 5) is 12.8. The maximum Gasteiger partial charge on any atom is 0.243 e. The first kappa shape index (κ1) is 22.7. The van der Waals surface area contributed by atoms with Crippen molar-refractivity contribution < 1.29 is 22.3 Å². The standard InChI is InChI=1S/C24H29FN2O4S/c25-21-6-8-22(9-7-21)31-16-13-26-24(28)19-11-14-27(15-12-19)32(29,30)23-10-5-18-3-1-2-4-20(18)17-23/h5-10,17,19H,1-4,11-16H2,(H,26,28). The van der Waals surface area contributed by atoms with Crippen molar-refractivity contribution in [3.8, 4) is 5.75 Å². The van der Waals surface area contributed by atoms with Crippen molar-refractivity contribution in [1.29, 1.82) is 0 Å². The predicted octanol–water partition coefficient (Wildman–Crippen LogP) is 3.30. The molecule has 0 atom stereocenters. The first-order chi connectivity index (χ1) is 15.4. The van der Waals surface area contributed by atoms with Gasteiger partial charge in [0.2, 0.25) is 15.9 Å². The van der Waals surface area contributed by atoms with Crippen molar-refractivity contribution in [2.75, 3.05) is 26.2 Å². The van der Waals surface area contributed by atoms with Crippen LogP contribution in [0.3, 0.4) is 0 Å². The molecule has 6 nitrogen and oxygen atoms in total. The Hall–Kier alpha value is -2.45. The normalized spacial score (nSPS) is 17.5. The maximum absolute atomic E-state index is 13.1. The third-order valence-electron chi connectivity index (χ3n) is 6.27. The highest BCUT2D eigenvalue weighted by atomic mass is 32.2. The van der Waals surface area contributed by atoms with E-state index in [1.165, 1.54) is 34.1 Å². The summed E-state index contributed by atoms with van der Waals surface area (Å²) in [5, 5.41) is 2.85. The van der Waals surface area contributed by atoms with E-state index in [1.54, 1.807) is 6.07 Å². The molecule has 0 radical (unpaired) electrons. The van der Waals surface area contributed by atoms with Gasteiger partial charge in [-0.05, 0) is 86.1 Å². The highest BCUT2D eigenvalue weighted by Gasteiger charge is 2.32. The first-order valence-corrected chi connectivity index (χ1v) is 12.7. The molecule has 2 aromatic carbocycles. The van der Waals surface area contributed by atoms with E-state index in [2.05, 4.69) is 5.32 Å². The number of sulfonamides is 1. The van der Waals surface area contributed by atoms with Crippen molar-refractivity contribution in [3.05, 3.63) is 59.4 Å². The number of nitrogens with zero attached hydrogens (tertiary/aromatic N) is 1. The fourth-order valence-corrected chi connectivity index (χ4v) is 5.92. The Morgan fingerprint density at radius 3 is 2.44 bits per heavy atom. The molecule has 4 rings (SSSR count). The average Bonchev–Trinajstić information content (AvgIpc) is 2.82. The Bertz CT molecular complexity index is 1050. The summed E-state index contributed by atoms with van der Waals surface area (Å²) in [7, 11) is -3.54. The molecule has 0 saturated carbocycles. The molecule has 8 heteroatoms. The molecule has 172 valence electrons. The van der Waals surface area contributed by atoms with E-state index in [0.717, 1.165) is 31.2 Å². The highest BCUT2D eigenvalue weighted by molar-refractivity contribution is 7.89. The Morgan fingerprint density at radius 2 is 1.72 bits per heavy atom. The topological polar surface area (TPSA) is 75.7 Å². The lowest BCUT2D eigenvalue weighted by atomic mass is 9.92. The van der Waals surface area contributed by atoms with Gasteiger partial charge in [-0.25, -0.2) is 12.8 Å². The second-order valence-electron chi connectivity index (χ2n) is 8.41. The Balaban J connectivity index is 1.25. The van der Waals surface area contributed by atoms with E-state index >= 15 is 0 Å². The van der Waals surface area contributed by atoms with E-state index in [0.29, 0.717) is 43.1 Å². The van der Waals surface area contributed by atoms with Crippen LogP contribution in [-0.4, -0.2) is 44.9 Å². The molecule has 1 heterocycles. The largest absolute Gasteiger partial charge is 0.492 e. The number of hydrogen-bond donors (Lipinski definition) is 1. The molecule has 1 aliphatic heterocycles. The molecule has 1 aliphatic carbocycles. The number of hydrogen-bond acceptors (Lipinski definition) is 4. The van der Waals surface area contributed by atoms with Crippen LogP contribution >= 0.6 is 0 Å². The minimum absolute atomic E-state index is 0.0847. The molecular weight excluding hydrogens is 431 g/mol. The van der Waals surface area contributed by atoms with Gasteiger partial charge in [-0.15, -0.1) is 0 Å². The first-order valence-electron chi connectivity index (χ1n) is 11.2. The van der Waals surface area contributed by atoms with Gasteiger partial charge < -0.3 is 10.1 Å². The van der Waals surface area contributed by atoms with Gasteiger partial charge >= 0.3 is 0 Å². The van der Waals surface area contributed by atoms with Crippen molar-refractivity contribution in [1.82, 2.24) is 9.62 Å². The summed E-state index contributed by atoms with van der Waals surface area (Å²) < 4.78 is 46.1. The number of amides is 1. The maximum atomic E-state index is 13.1. The number of fused-ring (bicyclic) bond motifs is 1. The van der Waals surface area contributed by atoms with Crippen molar-refractivity contribution in [2.24, 2.45) is 5.92 Å². The van der Waals surface area contributed by atoms with Crippen LogP contribution in [0.1, 0.15) is 36.8 Å². The zero-order chi connectivity index (χ0) is 22.6. The third kappa shape index (κ3) is 5.30. The smallest absolute Gasteiger partial charge is 0.243 e. The zero-order valence-corrected chi connectivity index (χ0v) is 18.9. The Kier molecular flexibility index (Phi) is 7.10. The van der Waals surface area contributed by atoms with Crippen molar-refractivity contribution >= 4 is 15.9 Å². The summed E-state index contributed by atoms with van der Waals surface area (Å²) in [6, 6.07) is 11.2. The molecule has 32 heavy (non-hydrogen) atoms. The van der Waals surface area contributed by atoms with Crippen LogP contribution in [0, 0.1) is 11.7 Å². The quantitative estimate of drug-likeness (QED) is 0.644. The molecule has 0 spiro atoms. The second-order valence-corrected chi connectivity index (χ2v) is 10.3. The number of piperidine rings is 1. The van der Waals surface area contributed by atoms with Crippen LogP contribution in [0.15, 0.2) is 47.4 Å². The molecule has 1 fully saturated rings. The van der Waals surface area contributed by atoms with Crippen LogP contribution in [-0.2, 0) is 27.7 Å². The monoisotopic (exact) mass is 460 g/mol. The van der Waals surface area contributed by atoms with Crippen LogP contribution in [0.5, 0.6) is 5.75 Å². The number of carbonyl (C=O) groups excluding carboxylic acids is 1. The minimum Gasteiger partial charge on any atom is -0.492 e.